The Labute approximate surface area is 132 Å². The molecule has 2 aliphatic rings. The molecule has 2 fully saturated rings. The number of rotatable bonds is 3. The Hall–Kier alpha value is -1.32. The maximum absolute atomic E-state index is 10.9. The molecule has 3 atom stereocenters. The first-order valence-electron chi connectivity index (χ1n) is 8.69. The summed E-state index contributed by atoms with van der Waals surface area (Å²) < 4.78 is 0. The van der Waals surface area contributed by atoms with Gasteiger partial charge in [0, 0.05) is 37.3 Å². The van der Waals surface area contributed by atoms with Crippen molar-refractivity contribution in [1.29, 1.82) is 0 Å². The molecule has 4 rings (SSSR count). The smallest absolute Gasteiger partial charge is 0.0688 e. The van der Waals surface area contributed by atoms with Crippen molar-refractivity contribution in [2.45, 2.75) is 44.8 Å². The highest BCUT2D eigenvalue weighted by molar-refractivity contribution is 5.82. The molecule has 118 valence electrons. The van der Waals surface area contributed by atoms with Gasteiger partial charge in [-0.05, 0) is 42.2 Å². The van der Waals surface area contributed by atoms with Crippen molar-refractivity contribution in [3.8, 4) is 0 Å². The molecular weight excluding hydrogens is 272 g/mol. The third-order valence-electron chi connectivity index (χ3n) is 6.07. The van der Waals surface area contributed by atoms with Gasteiger partial charge in [-0.1, -0.05) is 31.5 Å². The molecule has 2 N–H and O–H groups in total. The monoisotopic (exact) mass is 298 g/mol. The molecule has 1 aromatic heterocycles. The lowest BCUT2D eigenvalue weighted by atomic mass is 9.69. The average molecular weight is 298 g/mol. The fourth-order valence-electron chi connectivity index (χ4n) is 4.81. The second-order valence-electron chi connectivity index (χ2n) is 7.27. The van der Waals surface area contributed by atoms with Gasteiger partial charge in [0.1, 0.15) is 0 Å². The minimum absolute atomic E-state index is 0.421. The molecule has 1 aliphatic carbocycles. The highest BCUT2D eigenvalue weighted by atomic mass is 16.3. The zero-order valence-corrected chi connectivity index (χ0v) is 13.4. The first-order chi connectivity index (χ1) is 10.7. The fourth-order valence-corrected chi connectivity index (χ4v) is 4.81. The van der Waals surface area contributed by atoms with E-state index in [9.17, 15) is 5.11 Å². The summed E-state index contributed by atoms with van der Waals surface area (Å²) in [6.45, 7) is 5.32. The number of hydrogen-bond donors (Lipinski definition) is 2. The topological polar surface area (TPSA) is 39.3 Å². The summed E-state index contributed by atoms with van der Waals surface area (Å²) in [5.41, 5.74) is 2.22. The predicted molar refractivity (Wildman–Crippen MR) is 89.6 cm³/mol. The molecule has 2 heterocycles. The van der Waals surface area contributed by atoms with E-state index in [4.69, 9.17) is 0 Å². The number of fused-ring (bicyclic) bond motifs is 2. The maximum Gasteiger partial charge on any atom is 0.0688 e. The van der Waals surface area contributed by atoms with Crippen LogP contribution in [0.4, 0.5) is 0 Å². The molecule has 3 nitrogen and oxygen atoms in total. The highest BCUT2D eigenvalue weighted by Crippen LogP contribution is 2.44. The van der Waals surface area contributed by atoms with Gasteiger partial charge in [-0.25, -0.2) is 0 Å². The Morgan fingerprint density at radius 1 is 1.32 bits per heavy atom. The number of nitrogens with zero attached hydrogens (tertiary/aromatic N) is 1. The second-order valence-corrected chi connectivity index (χ2v) is 7.27. The van der Waals surface area contributed by atoms with Crippen molar-refractivity contribution < 1.29 is 5.11 Å². The summed E-state index contributed by atoms with van der Waals surface area (Å²) in [6.07, 6.45) is 6.38. The van der Waals surface area contributed by atoms with E-state index in [0.29, 0.717) is 11.8 Å². The summed E-state index contributed by atoms with van der Waals surface area (Å²) in [5, 5.41) is 12.2. The van der Waals surface area contributed by atoms with E-state index in [0.717, 1.165) is 32.5 Å². The van der Waals surface area contributed by atoms with Crippen molar-refractivity contribution in [3.63, 3.8) is 0 Å². The summed E-state index contributed by atoms with van der Waals surface area (Å²) in [6, 6.07) is 8.68. The van der Waals surface area contributed by atoms with E-state index in [-0.39, 0.29) is 0 Å². The fraction of sp³-hybridized carbons (Fsp3) is 0.579. The lowest BCUT2D eigenvalue weighted by Crippen LogP contribution is -2.44. The van der Waals surface area contributed by atoms with Gasteiger partial charge < -0.3 is 10.1 Å². The Morgan fingerprint density at radius 2 is 2.23 bits per heavy atom. The Morgan fingerprint density at radius 3 is 3.09 bits per heavy atom. The van der Waals surface area contributed by atoms with Crippen LogP contribution in [-0.4, -0.2) is 33.7 Å². The molecule has 2 aromatic rings. The average Bonchev–Trinajstić information content (AvgIpc) is 3.15. The lowest BCUT2D eigenvalue weighted by Gasteiger charge is -2.40. The summed E-state index contributed by atoms with van der Waals surface area (Å²) >= 11 is 0. The van der Waals surface area contributed by atoms with Crippen molar-refractivity contribution >= 4 is 10.9 Å². The molecule has 0 unspecified atom stereocenters. The molecule has 22 heavy (non-hydrogen) atoms. The number of benzene rings is 1. The zero-order valence-electron chi connectivity index (χ0n) is 13.4. The van der Waals surface area contributed by atoms with Crippen LogP contribution in [-0.2, 0) is 6.54 Å². The van der Waals surface area contributed by atoms with Crippen molar-refractivity contribution in [2.75, 3.05) is 13.1 Å². The number of hydrogen-bond acceptors (Lipinski definition) is 2. The van der Waals surface area contributed by atoms with E-state index in [1.54, 1.807) is 0 Å². The molecule has 0 radical (unpaired) electrons. The van der Waals surface area contributed by atoms with Crippen molar-refractivity contribution in [3.05, 3.63) is 36.0 Å². The van der Waals surface area contributed by atoms with E-state index >= 15 is 0 Å². The molecule has 0 amide bonds. The SMILES string of the molecule is CC[C@]1(O)CCC[C@H]2CN(Cc3cccc4cc[nH]c34)C[C@H]21. The van der Waals surface area contributed by atoms with Gasteiger partial charge in [0.05, 0.1) is 5.60 Å². The molecule has 1 saturated heterocycles. The minimum atomic E-state index is -0.421. The van der Waals surface area contributed by atoms with Gasteiger partial charge in [-0.2, -0.15) is 0 Å². The summed E-state index contributed by atoms with van der Waals surface area (Å²) in [7, 11) is 0. The largest absolute Gasteiger partial charge is 0.390 e. The molecular formula is C19H26N2O. The Kier molecular flexibility index (Phi) is 3.50. The summed E-state index contributed by atoms with van der Waals surface area (Å²) in [5.74, 6) is 1.15. The zero-order chi connectivity index (χ0) is 15.2. The number of para-hydroxylation sites is 1. The third kappa shape index (κ3) is 2.27. The van der Waals surface area contributed by atoms with Crippen LogP contribution in [0.15, 0.2) is 30.5 Å². The number of aromatic amines is 1. The standard InChI is InChI=1S/C19H26N2O/c1-2-19(22)9-4-7-15-11-21(13-17(15)19)12-16-6-3-5-14-8-10-20-18(14)16/h3,5-6,8,10,15,17,20,22H,2,4,7,9,11-13H2,1H3/t15-,17+,19-/m0/s1. The lowest BCUT2D eigenvalue weighted by molar-refractivity contribution is -0.0613. The molecule has 3 heteroatoms. The van der Waals surface area contributed by atoms with Crippen LogP contribution in [0.5, 0.6) is 0 Å². The first-order valence-corrected chi connectivity index (χ1v) is 8.69. The predicted octanol–water partition coefficient (Wildman–Crippen LogP) is 3.54. The molecule has 1 aliphatic heterocycles. The normalized spacial score (nSPS) is 32.5. The van der Waals surface area contributed by atoms with Crippen molar-refractivity contribution in [2.24, 2.45) is 11.8 Å². The van der Waals surface area contributed by atoms with Crippen LogP contribution in [0.1, 0.15) is 38.2 Å². The van der Waals surface area contributed by atoms with E-state index in [1.807, 2.05) is 6.20 Å². The first kappa shape index (κ1) is 14.3. The molecule has 1 aromatic carbocycles. The van der Waals surface area contributed by atoms with Crippen LogP contribution in [0.25, 0.3) is 10.9 Å². The Balaban J connectivity index is 1.54. The van der Waals surface area contributed by atoms with Gasteiger partial charge in [0.2, 0.25) is 0 Å². The number of nitrogens with one attached hydrogen (secondary N) is 1. The highest BCUT2D eigenvalue weighted by Gasteiger charge is 2.47. The van der Waals surface area contributed by atoms with Gasteiger partial charge in [0.25, 0.3) is 0 Å². The molecule has 1 saturated carbocycles. The van der Waals surface area contributed by atoms with Gasteiger partial charge in [-0.15, -0.1) is 0 Å². The van der Waals surface area contributed by atoms with Crippen LogP contribution in [0, 0.1) is 11.8 Å². The second kappa shape index (κ2) is 5.39. The number of likely N-dealkylation sites (tertiary alicyclic amines) is 1. The molecule has 0 bridgehead atoms. The van der Waals surface area contributed by atoms with Crippen LogP contribution in [0.2, 0.25) is 0 Å². The van der Waals surface area contributed by atoms with Gasteiger partial charge >= 0.3 is 0 Å². The van der Waals surface area contributed by atoms with E-state index in [2.05, 4.69) is 41.1 Å². The number of aliphatic hydroxyl groups is 1. The van der Waals surface area contributed by atoms with Crippen LogP contribution < -0.4 is 0 Å². The van der Waals surface area contributed by atoms with Crippen LogP contribution >= 0.6 is 0 Å². The van der Waals surface area contributed by atoms with Crippen LogP contribution in [0.3, 0.4) is 0 Å². The van der Waals surface area contributed by atoms with Crippen molar-refractivity contribution in [1.82, 2.24) is 9.88 Å². The quantitative estimate of drug-likeness (QED) is 0.909. The minimum Gasteiger partial charge on any atom is -0.390 e. The molecule has 0 spiro atoms. The van der Waals surface area contributed by atoms with E-state index < -0.39 is 5.60 Å². The van der Waals surface area contributed by atoms with Gasteiger partial charge in [0.15, 0.2) is 0 Å². The van der Waals surface area contributed by atoms with Gasteiger partial charge in [-0.3, -0.25) is 4.90 Å². The third-order valence-corrected chi connectivity index (χ3v) is 6.07. The number of aromatic nitrogens is 1. The maximum atomic E-state index is 10.9. The number of H-pyrrole nitrogens is 1. The van der Waals surface area contributed by atoms with E-state index in [1.165, 1.54) is 29.3 Å². The summed E-state index contributed by atoms with van der Waals surface area (Å²) in [4.78, 5) is 5.93. The Bertz CT molecular complexity index is 664.